The minimum Gasteiger partial charge on any atom is -0.491 e. The largest absolute Gasteiger partial charge is 0.491 e. The van der Waals surface area contributed by atoms with Crippen molar-refractivity contribution in [3.8, 4) is 5.75 Å². The number of aromatic nitrogens is 1. The Kier molecular flexibility index (Phi) is 4.75. The molecule has 122 valence electrons. The van der Waals surface area contributed by atoms with Gasteiger partial charge in [0.05, 0.1) is 12.3 Å². The second-order valence-corrected chi connectivity index (χ2v) is 6.04. The number of pyridine rings is 1. The quantitative estimate of drug-likeness (QED) is 0.752. The molecule has 0 atom stereocenters. The first-order valence-corrected chi connectivity index (χ1v) is 8.02. The van der Waals surface area contributed by atoms with Gasteiger partial charge in [-0.1, -0.05) is 50.2 Å². The first-order valence-electron chi connectivity index (χ1n) is 8.02. The van der Waals surface area contributed by atoms with Gasteiger partial charge >= 0.3 is 0 Å². The Labute approximate surface area is 141 Å². The van der Waals surface area contributed by atoms with Crippen molar-refractivity contribution >= 4 is 22.4 Å². The molecule has 0 aliphatic carbocycles. The second-order valence-electron chi connectivity index (χ2n) is 6.04. The average Bonchev–Trinajstić information content (AvgIpc) is 2.60. The fourth-order valence-corrected chi connectivity index (χ4v) is 2.43. The van der Waals surface area contributed by atoms with Crippen LogP contribution in [0.3, 0.4) is 0 Å². The topological polar surface area (TPSA) is 51.2 Å². The van der Waals surface area contributed by atoms with E-state index in [0.717, 1.165) is 10.8 Å². The maximum absolute atomic E-state index is 12.7. The van der Waals surface area contributed by atoms with E-state index in [1.165, 1.54) is 0 Å². The normalized spacial score (nSPS) is 10.8. The molecule has 0 aliphatic rings. The minimum atomic E-state index is -0.243. The lowest BCUT2D eigenvalue weighted by atomic mass is 10.1. The number of benzene rings is 2. The summed E-state index contributed by atoms with van der Waals surface area (Å²) in [5.74, 6) is 0.834. The molecule has 3 aromatic rings. The zero-order chi connectivity index (χ0) is 16.9. The molecule has 1 aromatic heterocycles. The molecule has 0 fully saturated rings. The van der Waals surface area contributed by atoms with Gasteiger partial charge < -0.3 is 10.1 Å². The number of rotatable bonds is 5. The molecule has 2 aromatic carbocycles. The van der Waals surface area contributed by atoms with Gasteiger partial charge in [-0.2, -0.15) is 0 Å². The molecule has 1 N–H and O–H groups in total. The Morgan fingerprint density at radius 2 is 1.83 bits per heavy atom. The van der Waals surface area contributed by atoms with Crippen molar-refractivity contribution in [1.82, 2.24) is 4.98 Å². The number of amides is 1. The Bertz CT molecular complexity index is 854. The molecule has 4 nitrogen and oxygen atoms in total. The molecular formula is C20H20N2O2. The summed E-state index contributed by atoms with van der Waals surface area (Å²) in [5.41, 5.74) is 1.06. The second kappa shape index (κ2) is 7.13. The van der Waals surface area contributed by atoms with Gasteiger partial charge in [-0.3, -0.25) is 9.78 Å². The van der Waals surface area contributed by atoms with Crippen LogP contribution in [0.5, 0.6) is 5.75 Å². The lowest BCUT2D eigenvalue weighted by molar-refractivity contribution is 0.102. The van der Waals surface area contributed by atoms with Gasteiger partial charge in [0.25, 0.3) is 5.91 Å². The van der Waals surface area contributed by atoms with Crippen molar-refractivity contribution in [2.24, 2.45) is 5.92 Å². The van der Waals surface area contributed by atoms with Crippen LogP contribution >= 0.6 is 0 Å². The zero-order valence-electron chi connectivity index (χ0n) is 13.8. The number of nitrogens with one attached hydrogen (secondary N) is 1. The van der Waals surface area contributed by atoms with Crippen molar-refractivity contribution in [3.05, 3.63) is 66.5 Å². The molecule has 3 rings (SSSR count). The molecule has 0 spiro atoms. The summed E-state index contributed by atoms with van der Waals surface area (Å²) in [7, 11) is 0. The molecule has 0 radical (unpaired) electrons. The maximum atomic E-state index is 12.7. The van der Waals surface area contributed by atoms with Crippen LogP contribution in [-0.2, 0) is 0 Å². The SMILES string of the molecule is CC(C)COc1ccccc1NC(=O)c1nccc2ccccc12. The molecule has 1 heterocycles. The van der Waals surface area contributed by atoms with Crippen LogP contribution in [-0.4, -0.2) is 17.5 Å². The third-order valence-corrected chi connectivity index (χ3v) is 3.60. The summed E-state index contributed by atoms with van der Waals surface area (Å²) in [6, 6.07) is 17.1. The lowest BCUT2D eigenvalue weighted by Gasteiger charge is -2.14. The minimum absolute atomic E-state index is 0.243. The summed E-state index contributed by atoms with van der Waals surface area (Å²) >= 11 is 0. The molecule has 0 unspecified atom stereocenters. The summed E-state index contributed by atoms with van der Waals surface area (Å²) in [5, 5.41) is 4.74. The lowest BCUT2D eigenvalue weighted by Crippen LogP contribution is -2.15. The van der Waals surface area contributed by atoms with E-state index in [2.05, 4.69) is 24.1 Å². The predicted octanol–water partition coefficient (Wildman–Crippen LogP) is 4.52. The van der Waals surface area contributed by atoms with Gasteiger partial charge in [-0.15, -0.1) is 0 Å². The smallest absolute Gasteiger partial charge is 0.275 e. The van der Waals surface area contributed by atoms with Gasteiger partial charge in [0, 0.05) is 11.6 Å². The number of para-hydroxylation sites is 2. The molecule has 0 saturated carbocycles. The standard InChI is InChI=1S/C20H20N2O2/c1-14(2)13-24-18-10-6-5-9-17(18)22-20(23)19-16-8-4-3-7-15(16)11-12-21-19/h3-12,14H,13H2,1-2H3,(H,22,23). The van der Waals surface area contributed by atoms with Crippen LogP contribution < -0.4 is 10.1 Å². The highest BCUT2D eigenvalue weighted by Gasteiger charge is 2.14. The number of anilines is 1. The predicted molar refractivity (Wildman–Crippen MR) is 96.5 cm³/mol. The van der Waals surface area contributed by atoms with Crippen molar-refractivity contribution in [3.63, 3.8) is 0 Å². The number of hydrogen-bond donors (Lipinski definition) is 1. The van der Waals surface area contributed by atoms with E-state index in [-0.39, 0.29) is 5.91 Å². The Balaban J connectivity index is 1.87. The van der Waals surface area contributed by atoms with Gasteiger partial charge in [0.2, 0.25) is 0 Å². The van der Waals surface area contributed by atoms with Crippen molar-refractivity contribution in [1.29, 1.82) is 0 Å². The number of carbonyl (C=O) groups excluding carboxylic acids is 1. The van der Waals surface area contributed by atoms with Crippen molar-refractivity contribution in [2.75, 3.05) is 11.9 Å². The van der Waals surface area contributed by atoms with Crippen LogP contribution in [0, 0.1) is 5.92 Å². The fraction of sp³-hybridized carbons (Fsp3) is 0.200. The number of ether oxygens (including phenoxy) is 1. The van der Waals surface area contributed by atoms with Crippen LogP contribution in [0.1, 0.15) is 24.3 Å². The number of carbonyl (C=O) groups is 1. The van der Waals surface area contributed by atoms with E-state index in [1.54, 1.807) is 6.20 Å². The monoisotopic (exact) mass is 320 g/mol. The highest BCUT2D eigenvalue weighted by molar-refractivity contribution is 6.11. The summed E-state index contributed by atoms with van der Waals surface area (Å²) < 4.78 is 5.79. The molecule has 1 amide bonds. The van der Waals surface area contributed by atoms with Crippen LogP contribution in [0.4, 0.5) is 5.69 Å². The van der Waals surface area contributed by atoms with Crippen molar-refractivity contribution < 1.29 is 9.53 Å². The molecule has 0 saturated heterocycles. The fourth-order valence-electron chi connectivity index (χ4n) is 2.43. The van der Waals surface area contributed by atoms with E-state index >= 15 is 0 Å². The van der Waals surface area contributed by atoms with Gasteiger partial charge in [-0.25, -0.2) is 0 Å². The first-order chi connectivity index (χ1) is 11.6. The average molecular weight is 320 g/mol. The van der Waals surface area contributed by atoms with E-state index in [9.17, 15) is 4.79 Å². The molecule has 0 bridgehead atoms. The Morgan fingerprint density at radius 1 is 1.08 bits per heavy atom. The molecule has 4 heteroatoms. The Hall–Kier alpha value is -2.88. The Morgan fingerprint density at radius 3 is 2.67 bits per heavy atom. The number of nitrogens with zero attached hydrogens (tertiary/aromatic N) is 1. The highest BCUT2D eigenvalue weighted by atomic mass is 16.5. The number of hydrogen-bond acceptors (Lipinski definition) is 3. The van der Waals surface area contributed by atoms with E-state index < -0.39 is 0 Å². The molecule has 24 heavy (non-hydrogen) atoms. The summed E-state index contributed by atoms with van der Waals surface area (Å²) in [6.07, 6.45) is 1.65. The van der Waals surface area contributed by atoms with E-state index in [1.807, 2.05) is 54.6 Å². The number of fused-ring (bicyclic) bond motifs is 1. The van der Waals surface area contributed by atoms with Crippen molar-refractivity contribution in [2.45, 2.75) is 13.8 Å². The highest BCUT2D eigenvalue weighted by Crippen LogP contribution is 2.25. The third-order valence-electron chi connectivity index (χ3n) is 3.60. The van der Waals surface area contributed by atoms with Gasteiger partial charge in [-0.05, 0) is 29.5 Å². The maximum Gasteiger partial charge on any atom is 0.275 e. The van der Waals surface area contributed by atoms with E-state index in [4.69, 9.17) is 4.74 Å². The van der Waals surface area contributed by atoms with Gasteiger partial charge in [0.1, 0.15) is 11.4 Å². The third kappa shape index (κ3) is 3.54. The first kappa shape index (κ1) is 16.0. The zero-order valence-corrected chi connectivity index (χ0v) is 13.8. The summed E-state index contributed by atoms with van der Waals surface area (Å²) in [6.45, 7) is 4.77. The van der Waals surface area contributed by atoms with Crippen LogP contribution in [0.25, 0.3) is 10.8 Å². The molecule has 0 aliphatic heterocycles. The molecular weight excluding hydrogens is 300 g/mol. The van der Waals surface area contributed by atoms with Crippen LogP contribution in [0.15, 0.2) is 60.8 Å². The van der Waals surface area contributed by atoms with E-state index in [0.29, 0.717) is 29.7 Å². The van der Waals surface area contributed by atoms with Crippen LogP contribution in [0.2, 0.25) is 0 Å². The summed E-state index contributed by atoms with van der Waals surface area (Å²) in [4.78, 5) is 16.9. The van der Waals surface area contributed by atoms with Gasteiger partial charge in [0.15, 0.2) is 0 Å².